The molecule has 1 aliphatic heterocycles. The van der Waals surface area contributed by atoms with E-state index in [1.807, 2.05) is 24.0 Å². The van der Waals surface area contributed by atoms with Crippen LogP contribution in [0.25, 0.3) is 5.78 Å². The Kier molecular flexibility index (Phi) is 3.83. The molecule has 4 rings (SSSR count). The van der Waals surface area contributed by atoms with Crippen molar-refractivity contribution in [3.8, 4) is 5.75 Å². The highest BCUT2D eigenvalue weighted by Crippen LogP contribution is 2.22. The van der Waals surface area contributed by atoms with Gasteiger partial charge in [0.2, 0.25) is 5.82 Å². The van der Waals surface area contributed by atoms with Gasteiger partial charge < -0.3 is 9.64 Å². The van der Waals surface area contributed by atoms with Crippen molar-refractivity contribution in [1.82, 2.24) is 24.5 Å². The zero-order valence-electron chi connectivity index (χ0n) is 14.3. The number of methoxy groups -OCH3 is 1. The minimum absolute atomic E-state index is 0.113. The largest absolute Gasteiger partial charge is 0.497 e. The zero-order chi connectivity index (χ0) is 17.4. The van der Waals surface area contributed by atoms with E-state index in [0.29, 0.717) is 24.7 Å². The average Bonchev–Trinajstić information content (AvgIpc) is 2.92. The molecule has 2 aromatic heterocycles. The van der Waals surface area contributed by atoms with Crippen LogP contribution in [0.5, 0.6) is 5.75 Å². The molecule has 25 heavy (non-hydrogen) atoms. The molecule has 3 aromatic rings. The third-order valence-corrected chi connectivity index (χ3v) is 4.61. The van der Waals surface area contributed by atoms with Gasteiger partial charge in [-0.25, -0.2) is 4.98 Å². The number of fused-ring (bicyclic) bond motifs is 2. The highest BCUT2D eigenvalue weighted by molar-refractivity contribution is 5.91. The molecular formula is C18H19N5O2. The van der Waals surface area contributed by atoms with Gasteiger partial charge in [0.25, 0.3) is 11.7 Å². The minimum Gasteiger partial charge on any atom is -0.497 e. The Morgan fingerprint density at radius 2 is 1.92 bits per heavy atom. The second-order valence-corrected chi connectivity index (χ2v) is 6.19. The Morgan fingerprint density at radius 1 is 1.12 bits per heavy atom. The van der Waals surface area contributed by atoms with Gasteiger partial charge in [0, 0.05) is 25.0 Å². The maximum absolute atomic E-state index is 12.9. The highest BCUT2D eigenvalue weighted by atomic mass is 16.5. The van der Waals surface area contributed by atoms with Crippen molar-refractivity contribution in [2.45, 2.75) is 19.8 Å². The predicted molar refractivity (Wildman–Crippen MR) is 91.8 cm³/mol. The summed E-state index contributed by atoms with van der Waals surface area (Å²) in [5, 5.41) is 8.08. The molecule has 0 spiro atoms. The van der Waals surface area contributed by atoms with E-state index in [1.54, 1.807) is 17.7 Å². The number of hydrogen-bond donors (Lipinski definition) is 0. The van der Waals surface area contributed by atoms with Gasteiger partial charge in [-0.3, -0.25) is 9.20 Å². The van der Waals surface area contributed by atoms with Crippen molar-refractivity contribution in [2.75, 3.05) is 20.2 Å². The summed E-state index contributed by atoms with van der Waals surface area (Å²) in [6.45, 7) is 3.19. The van der Waals surface area contributed by atoms with Crippen LogP contribution >= 0.6 is 0 Å². The monoisotopic (exact) mass is 337 g/mol. The third-order valence-electron chi connectivity index (χ3n) is 4.61. The summed E-state index contributed by atoms with van der Waals surface area (Å²) in [4.78, 5) is 19.1. The summed E-state index contributed by atoms with van der Waals surface area (Å²) in [5.74, 6) is 1.50. The van der Waals surface area contributed by atoms with E-state index < -0.39 is 0 Å². The first-order valence-corrected chi connectivity index (χ1v) is 8.29. The smallest absolute Gasteiger partial charge is 0.292 e. The number of nitrogens with zero attached hydrogens (tertiary/aromatic N) is 5. The van der Waals surface area contributed by atoms with Gasteiger partial charge in [-0.1, -0.05) is 6.07 Å². The molecule has 1 aliphatic rings. The van der Waals surface area contributed by atoms with Crippen molar-refractivity contribution in [3.63, 3.8) is 0 Å². The first-order chi connectivity index (χ1) is 12.2. The van der Waals surface area contributed by atoms with Crippen LogP contribution in [-0.4, -0.2) is 50.6 Å². The Balaban J connectivity index is 1.59. The average molecular weight is 337 g/mol. The molecule has 0 bridgehead atoms. The molecule has 7 nitrogen and oxygen atoms in total. The molecule has 7 heteroatoms. The maximum atomic E-state index is 12.9. The number of hydrogen-bond acceptors (Lipinski definition) is 5. The van der Waals surface area contributed by atoms with Crippen molar-refractivity contribution < 1.29 is 9.53 Å². The maximum Gasteiger partial charge on any atom is 0.292 e. The molecule has 3 heterocycles. The predicted octanol–water partition coefficient (Wildman–Crippen LogP) is 1.68. The Labute approximate surface area is 145 Å². The normalized spacial score (nSPS) is 14.2. The minimum atomic E-state index is -0.113. The molecule has 0 fully saturated rings. The lowest BCUT2D eigenvalue weighted by molar-refractivity contribution is 0.0749. The first-order valence-electron chi connectivity index (χ1n) is 8.29. The van der Waals surface area contributed by atoms with Crippen LogP contribution < -0.4 is 4.74 Å². The molecule has 0 radical (unpaired) electrons. The number of rotatable bonds is 2. The molecule has 0 unspecified atom stereocenters. The number of benzene rings is 1. The van der Waals surface area contributed by atoms with Crippen LogP contribution in [-0.2, 0) is 12.8 Å². The van der Waals surface area contributed by atoms with E-state index in [2.05, 4.69) is 27.3 Å². The number of ether oxygens (including phenoxy) is 1. The molecule has 0 aliphatic carbocycles. The van der Waals surface area contributed by atoms with Crippen LogP contribution in [0.1, 0.15) is 27.4 Å². The molecule has 1 aromatic carbocycles. The van der Waals surface area contributed by atoms with Crippen LogP contribution in [0.3, 0.4) is 0 Å². The lowest BCUT2D eigenvalue weighted by Gasteiger charge is -2.18. The molecule has 0 saturated heterocycles. The second-order valence-electron chi connectivity index (χ2n) is 6.19. The number of aryl methyl sites for hydroxylation is 1. The highest BCUT2D eigenvalue weighted by Gasteiger charge is 2.24. The summed E-state index contributed by atoms with van der Waals surface area (Å²) in [6, 6.07) is 7.96. The van der Waals surface area contributed by atoms with Crippen molar-refractivity contribution in [2.24, 2.45) is 0 Å². The molecular weight excluding hydrogens is 318 g/mol. The fourth-order valence-corrected chi connectivity index (χ4v) is 3.19. The van der Waals surface area contributed by atoms with Gasteiger partial charge >= 0.3 is 0 Å². The van der Waals surface area contributed by atoms with Gasteiger partial charge in [0.05, 0.1) is 7.11 Å². The standard InChI is InChI=1S/C18H19N5O2/c1-12-5-10-23-16(20-21-18(23)19-12)17(24)22-8-6-13-3-4-15(25-2)11-14(13)7-9-22/h3-5,10-11H,6-9H2,1-2H3. The lowest BCUT2D eigenvalue weighted by Crippen LogP contribution is -2.34. The van der Waals surface area contributed by atoms with Crippen LogP contribution in [0, 0.1) is 6.92 Å². The van der Waals surface area contributed by atoms with Crippen LogP contribution in [0.2, 0.25) is 0 Å². The van der Waals surface area contributed by atoms with Gasteiger partial charge in [0.1, 0.15) is 5.75 Å². The van der Waals surface area contributed by atoms with Crippen molar-refractivity contribution in [3.05, 3.63) is 53.1 Å². The van der Waals surface area contributed by atoms with Crippen LogP contribution in [0.4, 0.5) is 0 Å². The summed E-state index contributed by atoms with van der Waals surface area (Å²) < 4.78 is 6.95. The van der Waals surface area contributed by atoms with Gasteiger partial charge in [-0.05, 0) is 49.1 Å². The molecule has 0 saturated carbocycles. The van der Waals surface area contributed by atoms with Gasteiger partial charge in [0.15, 0.2) is 0 Å². The Bertz CT molecular complexity index is 950. The first kappa shape index (κ1) is 15.6. The lowest BCUT2D eigenvalue weighted by atomic mass is 10.0. The second kappa shape index (κ2) is 6.16. The van der Waals surface area contributed by atoms with Crippen LogP contribution in [0.15, 0.2) is 30.5 Å². The zero-order valence-corrected chi connectivity index (χ0v) is 14.3. The summed E-state index contributed by atoms with van der Waals surface area (Å²) >= 11 is 0. The molecule has 128 valence electrons. The van der Waals surface area contributed by atoms with E-state index in [-0.39, 0.29) is 5.91 Å². The number of amides is 1. The fraction of sp³-hybridized carbons (Fsp3) is 0.333. The molecule has 0 N–H and O–H groups in total. The Hall–Kier alpha value is -2.96. The quantitative estimate of drug-likeness (QED) is 0.711. The number of carbonyl (C=O) groups is 1. The SMILES string of the molecule is COc1ccc2c(c1)CCN(C(=O)c1nnc3nc(C)ccn13)CC2. The Morgan fingerprint density at radius 3 is 2.72 bits per heavy atom. The molecule has 1 amide bonds. The van der Waals surface area contributed by atoms with E-state index in [4.69, 9.17) is 4.74 Å². The molecule has 0 atom stereocenters. The van der Waals surface area contributed by atoms with Gasteiger partial charge in [-0.2, -0.15) is 0 Å². The van der Waals surface area contributed by atoms with Crippen molar-refractivity contribution in [1.29, 1.82) is 0 Å². The topological polar surface area (TPSA) is 72.6 Å². The van der Waals surface area contributed by atoms with E-state index >= 15 is 0 Å². The van der Waals surface area contributed by atoms with Gasteiger partial charge in [-0.15, -0.1) is 10.2 Å². The summed E-state index contributed by atoms with van der Waals surface area (Å²) in [6.07, 6.45) is 3.41. The van der Waals surface area contributed by atoms with E-state index in [0.717, 1.165) is 24.3 Å². The summed E-state index contributed by atoms with van der Waals surface area (Å²) in [7, 11) is 1.67. The number of carbonyl (C=O) groups excluding carboxylic acids is 1. The number of aromatic nitrogens is 4. The van der Waals surface area contributed by atoms with E-state index in [9.17, 15) is 4.79 Å². The van der Waals surface area contributed by atoms with Crippen molar-refractivity contribution >= 4 is 11.7 Å². The summed E-state index contributed by atoms with van der Waals surface area (Å²) in [5.41, 5.74) is 3.34. The fourth-order valence-electron chi connectivity index (χ4n) is 3.19. The third kappa shape index (κ3) is 2.82. The van der Waals surface area contributed by atoms with E-state index in [1.165, 1.54) is 11.1 Å².